The van der Waals surface area contributed by atoms with Gasteiger partial charge in [-0.05, 0) is 54.5 Å². The van der Waals surface area contributed by atoms with Gasteiger partial charge in [-0.15, -0.1) is 0 Å². The van der Waals surface area contributed by atoms with E-state index in [0.29, 0.717) is 29.5 Å². The number of carboxylic acids is 1. The molecular weight excluding hydrogens is 559 g/mol. The Morgan fingerprint density at radius 1 is 1.16 bits per heavy atom. The number of ether oxygens (including phenoxy) is 1. The minimum absolute atomic E-state index is 0.401. The number of para-hydroxylation sites is 1. The lowest BCUT2D eigenvalue weighted by molar-refractivity contribution is -0.139. The van der Waals surface area contributed by atoms with E-state index in [1.807, 2.05) is 35.4 Å². The molecule has 0 aliphatic carbocycles. The van der Waals surface area contributed by atoms with E-state index >= 15 is 0 Å². The molecule has 1 aromatic heterocycles. The van der Waals surface area contributed by atoms with Crippen LogP contribution < -0.4 is 15.0 Å². The summed E-state index contributed by atoms with van der Waals surface area (Å²) in [7, 11) is 0. The van der Waals surface area contributed by atoms with Crippen LogP contribution in [0.5, 0.6) is 5.75 Å². The van der Waals surface area contributed by atoms with Crippen LogP contribution in [0.2, 0.25) is 0 Å². The molecule has 1 unspecified atom stereocenters. The number of aromatic amines is 1. The molecule has 8 nitrogen and oxygen atoms in total. The number of carboxylic acid groups (broad SMARTS) is 1. The van der Waals surface area contributed by atoms with Gasteiger partial charge in [0, 0.05) is 30.7 Å². The molecule has 0 spiro atoms. The van der Waals surface area contributed by atoms with Crippen molar-refractivity contribution in [1.82, 2.24) is 15.2 Å². The fourth-order valence-corrected chi connectivity index (χ4v) is 4.92. The van der Waals surface area contributed by atoms with E-state index < -0.39 is 28.4 Å². The maximum Gasteiger partial charge on any atom is 0.341 e. The zero-order valence-corrected chi connectivity index (χ0v) is 22.4. The second-order valence-electron chi connectivity index (χ2n) is 8.24. The third kappa shape index (κ3) is 6.67. The summed E-state index contributed by atoms with van der Waals surface area (Å²) in [6, 6.07) is 14.5. The number of amides is 1. The predicted octanol–water partition coefficient (Wildman–Crippen LogP) is 4.95. The Labute approximate surface area is 233 Å². The molecule has 0 saturated carbocycles. The summed E-state index contributed by atoms with van der Waals surface area (Å²) in [6.07, 6.45) is 4.49. The van der Waals surface area contributed by atoms with Crippen LogP contribution >= 0.6 is 47.0 Å². The van der Waals surface area contributed by atoms with Gasteiger partial charge in [0.05, 0.1) is 11.2 Å². The lowest BCUT2D eigenvalue weighted by Crippen LogP contribution is -2.62. The Hall–Kier alpha value is -2.98. The van der Waals surface area contributed by atoms with E-state index in [0.717, 1.165) is 23.0 Å². The van der Waals surface area contributed by atoms with Crippen LogP contribution in [0.1, 0.15) is 12.0 Å². The van der Waals surface area contributed by atoms with Gasteiger partial charge >= 0.3 is 5.97 Å². The number of carbonyl (C=O) groups is 2. The largest absolute Gasteiger partial charge is 0.482 e. The van der Waals surface area contributed by atoms with Crippen LogP contribution in [-0.4, -0.2) is 61.6 Å². The maximum absolute atomic E-state index is 12.8. The van der Waals surface area contributed by atoms with E-state index in [1.54, 1.807) is 35.2 Å². The molecule has 4 rings (SSSR count). The molecule has 12 heteroatoms. The van der Waals surface area contributed by atoms with E-state index in [-0.39, 0.29) is 0 Å². The molecule has 1 atom stereocenters. The number of nitrogens with zero attached hydrogens (tertiary/aromatic N) is 2. The molecule has 1 fully saturated rings. The second-order valence-corrected chi connectivity index (χ2v) is 11.0. The van der Waals surface area contributed by atoms with Gasteiger partial charge in [0.15, 0.2) is 17.9 Å². The van der Waals surface area contributed by atoms with Crippen molar-refractivity contribution in [3.63, 3.8) is 0 Å². The van der Waals surface area contributed by atoms with Crippen molar-refractivity contribution in [3.05, 3.63) is 66.4 Å². The zero-order chi connectivity index (χ0) is 26.6. The molecule has 0 radical (unpaired) electrons. The smallest absolute Gasteiger partial charge is 0.341 e. The maximum atomic E-state index is 12.8. The van der Waals surface area contributed by atoms with Crippen molar-refractivity contribution >= 4 is 86.7 Å². The molecule has 0 bridgehead atoms. The molecule has 1 saturated heterocycles. The van der Waals surface area contributed by atoms with Crippen LogP contribution in [0.3, 0.4) is 0 Å². The summed E-state index contributed by atoms with van der Waals surface area (Å²) < 4.78 is 3.24. The van der Waals surface area contributed by atoms with Crippen molar-refractivity contribution in [3.8, 4) is 5.75 Å². The topological polar surface area (TPSA) is 97.9 Å². The summed E-state index contributed by atoms with van der Waals surface area (Å²) in [6.45, 7) is 0.739. The number of thiocarbonyl (C=S) groups is 1. The van der Waals surface area contributed by atoms with Crippen LogP contribution in [0.15, 0.2) is 60.8 Å². The highest BCUT2D eigenvalue weighted by Crippen LogP contribution is 2.35. The zero-order valence-electron chi connectivity index (χ0n) is 19.4. The van der Waals surface area contributed by atoms with Gasteiger partial charge in [-0.2, -0.15) is 0 Å². The normalized spacial score (nSPS) is 15.3. The number of fused-ring (bicyclic) bond motifs is 1. The number of alkyl halides is 3. The Balaban J connectivity index is 1.47. The monoisotopic (exact) mass is 580 g/mol. The highest BCUT2D eigenvalue weighted by Gasteiger charge is 2.42. The fourth-order valence-electron chi connectivity index (χ4n) is 4.01. The highest BCUT2D eigenvalue weighted by molar-refractivity contribution is 7.80. The van der Waals surface area contributed by atoms with Gasteiger partial charge in [-0.1, -0.05) is 59.1 Å². The van der Waals surface area contributed by atoms with Crippen LogP contribution in [0.25, 0.3) is 17.0 Å². The lowest BCUT2D eigenvalue weighted by atomic mass is 10.2. The fraction of sp³-hybridized carbons (Fsp3) is 0.240. The van der Waals surface area contributed by atoms with Crippen molar-refractivity contribution in [1.29, 1.82) is 0 Å². The van der Waals surface area contributed by atoms with Gasteiger partial charge in [-0.25, -0.2) is 4.79 Å². The molecule has 1 aliphatic heterocycles. The molecule has 194 valence electrons. The second kappa shape index (κ2) is 11.6. The third-order valence-corrected chi connectivity index (χ3v) is 6.76. The number of halogens is 3. The average Bonchev–Trinajstić information content (AvgIpc) is 3.34. The first kappa shape index (κ1) is 27.1. The Kier molecular flexibility index (Phi) is 8.49. The van der Waals surface area contributed by atoms with Gasteiger partial charge in [0.1, 0.15) is 5.75 Å². The number of anilines is 1. The molecule has 3 N–H and O–H groups in total. The number of nitrogens with one attached hydrogen (secondary N) is 2. The summed E-state index contributed by atoms with van der Waals surface area (Å²) in [5.41, 5.74) is 2.55. The SMILES string of the molecule is O=C(O)COc1ccc(/C=C/C(=O)NC(N2CCCN(c3cccc4cc[nH]c34)C2=S)C(Cl)(Cl)Cl)cc1. The Morgan fingerprint density at radius 2 is 1.92 bits per heavy atom. The number of hydrogen-bond donors (Lipinski definition) is 3. The van der Waals surface area contributed by atoms with Gasteiger partial charge in [-0.3, -0.25) is 4.79 Å². The highest BCUT2D eigenvalue weighted by atomic mass is 35.6. The van der Waals surface area contributed by atoms with Crippen molar-refractivity contribution in [2.45, 2.75) is 16.4 Å². The van der Waals surface area contributed by atoms with Crippen molar-refractivity contribution < 1.29 is 19.4 Å². The van der Waals surface area contributed by atoms with E-state index in [9.17, 15) is 9.59 Å². The molecule has 2 heterocycles. The van der Waals surface area contributed by atoms with Gasteiger partial charge < -0.3 is 29.9 Å². The summed E-state index contributed by atoms with van der Waals surface area (Å²) >= 11 is 24.7. The number of hydrogen-bond acceptors (Lipinski definition) is 4. The van der Waals surface area contributed by atoms with Crippen LogP contribution in [0, 0.1) is 0 Å². The number of rotatable bonds is 8. The summed E-state index contributed by atoms with van der Waals surface area (Å²) in [5, 5.41) is 13.0. The minimum Gasteiger partial charge on any atom is -0.482 e. The van der Waals surface area contributed by atoms with E-state index in [2.05, 4.69) is 10.3 Å². The molecule has 2 aromatic carbocycles. The third-order valence-electron chi connectivity index (χ3n) is 5.68. The van der Waals surface area contributed by atoms with Gasteiger partial charge in [0.2, 0.25) is 9.70 Å². The summed E-state index contributed by atoms with van der Waals surface area (Å²) in [5.74, 6) is -1.14. The number of benzene rings is 2. The lowest BCUT2D eigenvalue weighted by Gasteiger charge is -2.44. The number of carbonyl (C=O) groups excluding carboxylic acids is 1. The molecule has 1 aliphatic rings. The van der Waals surface area contributed by atoms with Gasteiger partial charge in [0.25, 0.3) is 0 Å². The Bertz CT molecular complexity index is 1320. The molecule has 1 amide bonds. The first-order valence-corrected chi connectivity index (χ1v) is 12.8. The summed E-state index contributed by atoms with van der Waals surface area (Å²) in [4.78, 5) is 30.4. The standard InChI is InChI=1S/C25H23Cl3N4O4S/c26-25(27,28)23(30-20(33)10-7-16-5-8-18(9-6-16)36-15-21(34)35)32-14-2-13-31(24(32)37)19-4-1-3-17-11-12-29-22(17)19/h1,3-12,23,29H,2,13-15H2,(H,30,33)(H,34,35)/b10-7+. The van der Waals surface area contributed by atoms with Crippen LogP contribution in [0.4, 0.5) is 5.69 Å². The Morgan fingerprint density at radius 3 is 2.62 bits per heavy atom. The molecule has 37 heavy (non-hydrogen) atoms. The van der Waals surface area contributed by atoms with E-state index in [4.69, 9.17) is 56.9 Å². The average molecular weight is 582 g/mol. The quantitative estimate of drug-likeness (QED) is 0.197. The molecule has 3 aromatic rings. The molecular formula is C25H23Cl3N4O4S. The first-order valence-electron chi connectivity index (χ1n) is 11.3. The van der Waals surface area contributed by atoms with E-state index in [1.165, 1.54) is 6.08 Å². The number of aliphatic carboxylic acids is 1. The van der Waals surface area contributed by atoms with Crippen LogP contribution in [-0.2, 0) is 9.59 Å². The number of H-pyrrole nitrogens is 1. The predicted molar refractivity (Wildman–Crippen MR) is 150 cm³/mol. The first-order chi connectivity index (χ1) is 17.6. The van der Waals surface area contributed by atoms with Crippen molar-refractivity contribution in [2.24, 2.45) is 0 Å². The van der Waals surface area contributed by atoms with Crippen molar-refractivity contribution in [2.75, 3.05) is 24.6 Å². The minimum atomic E-state index is -1.86. The number of aromatic nitrogens is 1.